The van der Waals surface area contributed by atoms with Crippen LogP contribution in [0.5, 0.6) is 0 Å². The third-order valence-corrected chi connectivity index (χ3v) is 3.44. The molecule has 5 N–H and O–H groups in total. The molecule has 0 saturated carbocycles. The highest BCUT2D eigenvalue weighted by Gasteiger charge is 2.19. The second kappa shape index (κ2) is 19.8. The van der Waals surface area contributed by atoms with Gasteiger partial charge in [0.05, 0.1) is 25.9 Å². The molecule has 1 fully saturated rings. The molecule has 0 aromatic heterocycles. The first-order valence-corrected chi connectivity index (χ1v) is 8.82. The van der Waals surface area contributed by atoms with Gasteiger partial charge in [0.1, 0.15) is 6.10 Å². The van der Waals surface area contributed by atoms with Gasteiger partial charge in [-0.3, -0.25) is 0 Å². The first-order chi connectivity index (χ1) is 11.1. The number of hydrogen-bond donors (Lipinski definition) is 5. The Balaban J connectivity index is 0. The number of aliphatic hydroxyl groups excluding tert-OH is 5. The zero-order chi connectivity index (χ0) is 17.9. The number of unbranched alkanes of at least 4 members (excludes halogenated alkanes) is 3. The van der Waals surface area contributed by atoms with Gasteiger partial charge >= 0.3 is 0 Å². The molecule has 0 spiro atoms. The highest BCUT2D eigenvalue weighted by Crippen LogP contribution is 2.06. The van der Waals surface area contributed by atoms with Crippen LogP contribution >= 0.6 is 0 Å². The van der Waals surface area contributed by atoms with Gasteiger partial charge in [-0.05, 0) is 12.8 Å². The fourth-order valence-electron chi connectivity index (χ4n) is 1.63. The molecular formula is C17H38O6. The van der Waals surface area contributed by atoms with E-state index in [-0.39, 0.29) is 38.4 Å². The molecule has 1 rings (SSSR count). The van der Waals surface area contributed by atoms with E-state index in [0.29, 0.717) is 0 Å². The molecule has 1 saturated heterocycles. The molecule has 23 heavy (non-hydrogen) atoms. The fourth-order valence-corrected chi connectivity index (χ4v) is 1.63. The van der Waals surface area contributed by atoms with Gasteiger partial charge in [-0.25, -0.2) is 0 Å². The lowest BCUT2D eigenvalue weighted by Crippen LogP contribution is -2.10. The molecule has 2 atom stereocenters. The van der Waals surface area contributed by atoms with Crippen LogP contribution in [0.2, 0.25) is 0 Å². The summed E-state index contributed by atoms with van der Waals surface area (Å²) in [6, 6.07) is 0. The second-order valence-corrected chi connectivity index (χ2v) is 5.84. The predicted octanol–water partition coefficient (Wildman–Crippen LogP) is 1.07. The lowest BCUT2D eigenvalue weighted by atomic mass is 10.0. The van der Waals surface area contributed by atoms with E-state index in [1.165, 1.54) is 0 Å². The van der Waals surface area contributed by atoms with Crippen molar-refractivity contribution in [3.63, 3.8) is 0 Å². The molecular weight excluding hydrogens is 300 g/mol. The predicted molar refractivity (Wildman–Crippen MR) is 91.2 cm³/mol. The molecule has 0 radical (unpaired) electrons. The topological polar surface area (TPSA) is 114 Å². The number of aliphatic hydroxyl groups is 5. The van der Waals surface area contributed by atoms with Crippen LogP contribution < -0.4 is 0 Å². The van der Waals surface area contributed by atoms with Crippen molar-refractivity contribution in [3.05, 3.63) is 0 Å². The Bertz CT molecular complexity index is 207. The Labute approximate surface area is 141 Å². The summed E-state index contributed by atoms with van der Waals surface area (Å²) in [6.45, 7) is 5.32. The summed E-state index contributed by atoms with van der Waals surface area (Å²) in [5.74, 6) is 0.116. The van der Waals surface area contributed by atoms with E-state index in [1.807, 2.05) is 0 Å². The van der Waals surface area contributed by atoms with Gasteiger partial charge in [-0.2, -0.15) is 0 Å². The van der Waals surface area contributed by atoms with E-state index in [1.54, 1.807) is 0 Å². The summed E-state index contributed by atoms with van der Waals surface area (Å²) in [5, 5.41) is 42.5. The number of epoxide rings is 1. The SMILES string of the molecule is CCCCC(CO)CO.CCCCCC(O)CO.OCC1CO1. The van der Waals surface area contributed by atoms with Crippen molar-refractivity contribution in [2.24, 2.45) is 5.92 Å². The standard InChI is InChI=1S/2C7H16O2.C3H6O2/c1-2-3-4-7(5-8)6-9;1-2-3-4-5-7(9)6-8;4-1-3-2-5-3/h2*7-9H,2-6H2,1H3;3-4H,1-2H2. The molecule has 0 amide bonds. The van der Waals surface area contributed by atoms with Crippen molar-refractivity contribution in [3.8, 4) is 0 Å². The quantitative estimate of drug-likeness (QED) is 0.284. The third kappa shape index (κ3) is 21.8. The second-order valence-electron chi connectivity index (χ2n) is 5.84. The Hall–Kier alpha value is -0.240. The van der Waals surface area contributed by atoms with Gasteiger partial charge < -0.3 is 30.3 Å². The lowest BCUT2D eigenvalue weighted by molar-refractivity contribution is 0.0861. The molecule has 2 unspecified atom stereocenters. The van der Waals surface area contributed by atoms with Crippen molar-refractivity contribution in [2.75, 3.05) is 33.0 Å². The van der Waals surface area contributed by atoms with E-state index in [9.17, 15) is 0 Å². The molecule has 0 aromatic carbocycles. The van der Waals surface area contributed by atoms with Crippen molar-refractivity contribution < 1.29 is 30.3 Å². The lowest BCUT2D eigenvalue weighted by Gasteiger charge is -2.07. The van der Waals surface area contributed by atoms with Crippen molar-refractivity contribution in [1.82, 2.24) is 0 Å². The van der Waals surface area contributed by atoms with E-state index >= 15 is 0 Å². The Kier molecular flexibility index (Phi) is 21.5. The average molecular weight is 338 g/mol. The summed E-state index contributed by atoms with van der Waals surface area (Å²) < 4.78 is 4.61. The fraction of sp³-hybridized carbons (Fsp3) is 1.00. The smallest absolute Gasteiger partial charge is 0.104 e. The van der Waals surface area contributed by atoms with Crippen LogP contribution in [0.15, 0.2) is 0 Å². The molecule has 0 aliphatic carbocycles. The summed E-state index contributed by atoms with van der Waals surface area (Å²) in [5.41, 5.74) is 0. The van der Waals surface area contributed by atoms with Crippen molar-refractivity contribution in [2.45, 2.75) is 71.0 Å². The number of rotatable bonds is 11. The van der Waals surface area contributed by atoms with Crippen LogP contribution in [0.25, 0.3) is 0 Å². The number of hydrogen-bond acceptors (Lipinski definition) is 6. The third-order valence-electron chi connectivity index (χ3n) is 3.44. The summed E-state index contributed by atoms with van der Waals surface area (Å²) in [6.07, 6.45) is 6.97. The van der Waals surface area contributed by atoms with Crippen LogP contribution in [0, 0.1) is 5.92 Å². The van der Waals surface area contributed by atoms with Crippen molar-refractivity contribution in [1.29, 1.82) is 0 Å². The first kappa shape index (κ1) is 25.0. The highest BCUT2D eigenvalue weighted by atomic mass is 16.6. The van der Waals surface area contributed by atoms with Crippen LogP contribution in [-0.4, -0.2) is 70.8 Å². The molecule has 1 aliphatic rings. The molecule has 1 heterocycles. The molecule has 0 bridgehead atoms. The maximum absolute atomic E-state index is 8.83. The Morgan fingerprint density at radius 1 is 0.870 bits per heavy atom. The van der Waals surface area contributed by atoms with Gasteiger partial charge in [-0.15, -0.1) is 0 Å². The van der Waals surface area contributed by atoms with Crippen LogP contribution in [0.1, 0.15) is 58.8 Å². The van der Waals surface area contributed by atoms with Crippen molar-refractivity contribution >= 4 is 0 Å². The minimum Gasteiger partial charge on any atom is -0.396 e. The Morgan fingerprint density at radius 3 is 1.74 bits per heavy atom. The van der Waals surface area contributed by atoms with E-state index in [0.717, 1.165) is 51.6 Å². The normalized spacial score (nSPS) is 17.0. The van der Waals surface area contributed by atoms with Crippen LogP contribution in [-0.2, 0) is 4.74 Å². The largest absolute Gasteiger partial charge is 0.396 e. The van der Waals surface area contributed by atoms with Gasteiger partial charge in [0, 0.05) is 19.1 Å². The van der Waals surface area contributed by atoms with Gasteiger partial charge in [-0.1, -0.05) is 46.0 Å². The zero-order valence-electron chi connectivity index (χ0n) is 14.9. The molecule has 0 aromatic rings. The Morgan fingerprint density at radius 2 is 1.43 bits per heavy atom. The van der Waals surface area contributed by atoms with Crippen LogP contribution in [0.4, 0.5) is 0 Å². The summed E-state index contributed by atoms with van der Waals surface area (Å²) in [4.78, 5) is 0. The molecule has 6 nitrogen and oxygen atoms in total. The van der Waals surface area contributed by atoms with E-state index < -0.39 is 6.10 Å². The van der Waals surface area contributed by atoms with Gasteiger partial charge in [0.25, 0.3) is 0 Å². The maximum atomic E-state index is 8.83. The minimum absolute atomic E-state index is 0.0935. The molecule has 6 heteroatoms. The van der Waals surface area contributed by atoms with Crippen LogP contribution in [0.3, 0.4) is 0 Å². The van der Waals surface area contributed by atoms with Gasteiger partial charge in [0.15, 0.2) is 0 Å². The summed E-state index contributed by atoms with van der Waals surface area (Å²) in [7, 11) is 0. The highest BCUT2D eigenvalue weighted by molar-refractivity contribution is 4.65. The first-order valence-electron chi connectivity index (χ1n) is 8.82. The number of ether oxygens (including phenoxy) is 1. The maximum Gasteiger partial charge on any atom is 0.104 e. The minimum atomic E-state index is -0.489. The molecule has 142 valence electrons. The monoisotopic (exact) mass is 338 g/mol. The molecule has 1 aliphatic heterocycles. The zero-order valence-corrected chi connectivity index (χ0v) is 14.9. The average Bonchev–Trinajstić information content (AvgIpc) is 3.41. The van der Waals surface area contributed by atoms with E-state index in [4.69, 9.17) is 25.5 Å². The van der Waals surface area contributed by atoms with Gasteiger partial charge in [0.2, 0.25) is 0 Å². The van der Waals surface area contributed by atoms with E-state index in [2.05, 4.69) is 18.6 Å². The summed E-state index contributed by atoms with van der Waals surface area (Å²) >= 11 is 0.